The average molecular weight is 249 g/mol. The lowest BCUT2D eigenvalue weighted by Crippen LogP contribution is -2.21. The molecule has 1 fully saturated rings. The highest BCUT2D eigenvalue weighted by atomic mass is 16.5. The zero-order valence-electron chi connectivity index (χ0n) is 11.4. The first-order chi connectivity index (χ1) is 8.81. The fraction of sp³-hybridized carbons (Fsp3) is 0.714. The Morgan fingerprint density at radius 2 is 1.89 bits per heavy atom. The van der Waals surface area contributed by atoms with Gasteiger partial charge >= 0.3 is 0 Å². The lowest BCUT2D eigenvalue weighted by molar-refractivity contribution is 0.144. The summed E-state index contributed by atoms with van der Waals surface area (Å²) in [4.78, 5) is 9.12. The molecule has 0 spiro atoms. The predicted molar refractivity (Wildman–Crippen MR) is 72.9 cm³/mol. The minimum absolute atomic E-state index is 0.448. The van der Waals surface area contributed by atoms with E-state index in [-0.39, 0.29) is 0 Å². The molecule has 0 bridgehead atoms. The molecule has 0 aliphatic carbocycles. The van der Waals surface area contributed by atoms with E-state index in [4.69, 9.17) is 4.74 Å². The minimum atomic E-state index is 0.448. The van der Waals surface area contributed by atoms with Gasteiger partial charge in [0.05, 0.1) is 0 Å². The first-order valence-electron chi connectivity index (χ1n) is 7.03. The molecule has 1 N–H and O–H groups in total. The van der Waals surface area contributed by atoms with Crippen LogP contribution in [0.25, 0.3) is 0 Å². The number of rotatable bonds is 4. The van der Waals surface area contributed by atoms with Crippen LogP contribution in [-0.4, -0.2) is 29.2 Å². The summed E-state index contributed by atoms with van der Waals surface area (Å²) >= 11 is 0. The third-order valence-corrected chi connectivity index (χ3v) is 3.34. The number of nitrogens with one attached hydrogen (secondary N) is 1. The molecule has 4 nitrogen and oxygen atoms in total. The van der Waals surface area contributed by atoms with E-state index >= 15 is 0 Å². The second kappa shape index (κ2) is 6.69. The highest BCUT2D eigenvalue weighted by Gasteiger charge is 2.13. The van der Waals surface area contributed by atoms with Gasteiger partial charge in [-0.1, -0.05) is 13.8 Å². The zero-order chi connectivity index (χ0) is 12.8. The van der Waals surface area contributed by atoms with Crippen molar-refractivity contribution in [3.8, 4) is 0 Å². The fourth-order valence-electron chi connectivity index (χ4n) is 2.21. The van der Waals surface area contributed by atoms with Crippen LogP contribution < -0.4 is 5.32 Å². The van der Waals surface area contributed by atoms with Crippen molar-refractivity contribution in [3.63, 3.8) is 0 Å². The maximum absolute atomic E-state index is 5.47. The van der Waals surface area contributed by atoms with Gasteiger partial charge in [-0.3, -0.25) is 0 Å². The van der Waals surface area contributed by atoms with Gasteiger partial charge < -0.3 is 10.1 Å². The molecule has 100 valence electrons. The van der Waals surface area contributed by atoms with Crippen LogP contribution in [0.15, 0.2) is 6.07 Å². The SMILES string of the molecule is CCc1cc(CC)nc(NC2CCCOCC2)n1. The quantitative estimate of drug-likeness (QED) is 0.891. The lowest BCUT2D eigenvalue weighted by atomic mass is 10.1. The standard InChI is InChI=1S/C14H23N3O/c1-3-11-10-12(4-2)16-14(15-11)17-13-6-5-8-18-9-7-13/h10,13H,3-9H2,1-2H3,(H,15,16,17). The van der Waals surface area contributed by atoms with Crippen molar-refractivity contribution >= 4 is 5.95 Å². The van der Waals surface area contributed by atoms with Crippen LogP contribution in [0.5, 0.6) is 0 Å². The second-order valence-corrected chi connectivity index (χ2v) is 4.77. The first-order valence-corrected chi connectivity index (χ1v) is 7.03. The van der Waals surface area contributed by atoms with E-state index in [1.165, 1.54) is 0 Å². The predicted octanol–water partition coefficient (Wildman–Crippen LogP) is 2.58. The van der Waals surface area contributed by atoms with Crippen LogP contribution in [0.1, 0.15) is 44.5 Å². The van der Waals surface area contributed by atoms with Crippen molar-refractivity contribution in [2.75, 3.05) is 18.5 Å². The smallest absolute Gasteiger partial charge is 0.223 e. The zero-order valence-corrected chi connectivity index (χ0v) is 11.4. The third-order valence-electron chi connectivity index (χ3n) is 3.34. The molecule has 2 rings (SSSR count). The molecular formula is C14H23N3O. The van der Waals surface area contributed by atoms with Crippen LogP contribution >= 0.6 is 0 Å². The maximum atomic E-state index is 5.47. The normalized spacial score (nSPS) is 20.4. The largest absolute Gasteiger partial charge is 0.381 e. The molecule has 0 aromatic carbocycles. The van der Waals surface area contributed by atoms with E-state index in [2.05, 4.69) is 35.2 Å². The highest BCUT2D eigenvalue weighted by Crippen LogP contribution is 2.14. The number of aromatic nitrogens is 2. The molecule has 1 aromatic rings. The van der Waals surface area contributed by atoms with Gasteiger partial charge in [-0.2, -0.15) is 0 Å². The summed E-state index contributed by atoms with van der Waals surface area (Å²) in [5.74, 6) is 0.790. The van der Waals surface area contributed by atoms with Gasteiger partial charge in [0.25, 0.3) is 0 Å². The maximum Gasteiger partial charge on any atom is 0.223 e. The van der Waals surface area contributed by atoms with E-state index in [0.717, 1.165) is 62.7 Å². The Bertz CT molecular complexity index is 351. The summed E-state index contributed by atoms with van der Waals surface area (Å²) in [5.41, 5.74) is 2.24. The van der Waals surface area contributed by atoms with Gasteiger partial charge in [0.15, 0.2) is 0 Å². The van der Waals surface area contributed by atoms with E-state index in [0.29, 0.717) is 6.04 Å². The molecule has 0 radical (unpaired) electrons. The van der Waals surface area contributed by atoms with Gasteiger partial charge in [0, 0.05) is 30.6 Å². The summed E-state index contributed by atoms with van der Waals surface area (Å²) in [7, 11) is 0. The van der Waals surface area contributed by atoms with E-state index in [1.54, 1.807) is 0 Å². The van der Waals surface area contributed by atoms with Crippen molar-refractivity contribution in [1.82, 2.24) is 9.97 Å². The van der Waals surface area contributed by atoms with Gasteiger partial charge in [-0.05, 0) is 38.2 Å². The van der Waals surface area contributed by atoms with E-state index in [9.17, 15) is 0 Å². The van der Waals surface area contributed by atoms with Crippen LogP contribution in [0.3, 0.4) is 0 Å². The van der Waals surface area contributed by atoms with Gasteiger partial charge in [-0.25, -0.2) is 9.97 Å². The molecule has 1 aromatic heterocycles. The molecule has 1 unspecified atom stereocenters. The summed E-state index contributed by atoms with van der Waals surface area (Å²) in [6.07, 6.45) is 5.21. The molecule has 1 saturated heterocycles. The Labute approximate surface area is 109 Å². The van der Waals surface area contributed by atoms with Gasteiger partial charge in [0.1, 0.15) is 0 Å². The number of hydrogen-bond donors (Lipinski definition) is 1. The Hall–Kier alpha value is -1.16. The molecule has 0 saturated carbocycles. The Morgan fingerprint density at radius 1 is 1.17 bits per heavy atom. The minimum Gasteiger partial charge on any atom is -0.381 e. The number of nitrogens with zero attached hydrogens (tertiary/aromatic N) is 2. The van der Waals surface area contributed by atoms with Crippen molar-refractivity contribution in [2.45, 2.75) is 52.0 Å². The molecule has 1 aliphatic rings. The number of hydrogen-bond acceptors (Lipinski definition) is 4. The summed E-state index contributed by atoms with van der Waals surface area (Å²) in [5, 5.41) is 3.47. The number of aryl methyl sites for hydroxylation is 2. The highest BCUT2D eigenvalue weighted by molar-refractivity contribution is 5.30. The van der Waals surface area contributed by atoms with Crippen LogP contribution in [-0.2, 0) is 17.6 Å². The van der Waals surface area contributed by atoms with E-state index in [1.807, 2.05) is 0 Å². The lowest BCUT2D eigenvalue weighted by Gasteiger charge is -2.16. The molecule has 1 aliphatic heterocycles. The first kappa shape index (κ1) is 13.3. The van der Waals surface area contributed by atoms with Gasteiger partial charge in [0.2, 0.25) is 5.95 Å². The van der Waals surface area contributed by atoms with Crippen molar-refractivity contribution < 1.29 is 4.74 Å². The molecule has 2 heterocycles. The Kier molecular flexibility index (Phi) is 4.93. The fourth-order valence-corrected chi connectivity index (χ4v) is 2.21. The van der Waals surface area contributed by atoms with Crippen molar-refractivity contribution in [3.05, 3.63) is 17.5 Å². The summed E-state index contributed by atoms with van der Waals surface area (Å²) < 4.78 is 5.47. The average Bonchev–Trinajstić information content (AvgIpc) is 2.67. The van der Waals surface area contributed by atoms with Crippen LogP contribution in [0, 0.1) is 0 Å². The molecule has 18 heavy (non-hydrogen) atoms. The van der Waals surface area contributed by atoms with E-state index < -0.39 is 0 Å². The Balaban J connectivity index is 2.06. The topological polar surface area (TPSA) is 47.0 Å². The third kappa shape index (κ3) is 3.67. The van der Waals surface area contributed by atoms with Gasteiger partial charge in [-0.15, -0.1) is 0 Å². The van der Waals surface area contributed by atoms with Crippen LogP contribution in [0.2, 0.25) is 0 Å². The van der Waals surface area contributed by atoms with Crippen LogP contribution in [0.4, 0.5) is 5.95 Å². The monoisotopic (exact) mass is 249 g/mol. The summed E-state index contributed by atoms with van der Waals surface area (Å²) in [6, 6.07) is 2.55. The molecule has 1 atom stereocenters. The second-order valence-electron chi connectivity index (χ2n) is 4.77. The molecule has 4 heteroatoms. The van der Waals surface area contributed by atoms with Crippen molar-refractivity contribution in [1.29, 1.82) is 0 Å². The number of ether oxygens (including phenoxy) is 1. The Morgan fingerprint density at radius 3 is 2.56 bits per heavy atom. The van der Waals surface area contributed by atoms with Crippen molar-refractivity contribution in [2.24, 2.45) is 0 Å². The number of anilines is 1. The summed E-state index contributed by atoms with van der Waals surface area (Å²) in [6.45, 7) is 5.98. The molecular weight excluding hydrogens is 226 g/mol. The molecule has 0 amide bonds.